The number of fused-ring (bicyclic) bond motifs is 2. The molecule has 3 aromatic carbocycles. The first kappa shape index (κ1) is 25.5. The number of amides is 2. The van der Waals surface area contributed by atoms with Gasteiger partial charge in [0.2, 0.25) is 11.8 Å². The first-order valence-corrected chi connectivity index (χ1v) is 12.5. The van der Waals surface area contributed by atoms with Gasteiger partial charge < -0.3 is 20.5 Å². The Kier molecular flexibility index (Phi) is 8.02. The summed E-state index contributed by atoms with van der Waals surface area (Å²) in [6, 6.07) is 19.6. The van der Waals surface area contributed by atoms with Gasteiger partial charge in [0.05, 0.1) is 12.6 Å². The molecule has 2 aliphatic heterocycles. The highest BCUT2D eigenvalue weighted by Crippen LogP contribution is 2.52. The maximum atomic E-state index is 13.2. The van der Waals surface area contributed by atoms with Crippen LogP contribution in [0.2, 0.25) is 10.0 Å². The van der Waals surface area contributed by atoms with Crippen LogP contribution in [0.1, 0.15) is 30.0 Å². The molecule has 1 saturated heterocycles. The van der Waals surface area contributed by atoms with Crippen LogP contribution in [0.4, 0.5) is 5.69 Å². The molecule has 182 valence electrons. The Hall–Kier alpha value is -2.58. The van der Waals surface area contributed by atoms with Crippen molar-refractivity contribution in [2.45, 2.75) is 24.3 Å². The van der Waals surface area contributed by atoms with E-state index < -0.39 is 11.5 Å². The summed E-state index contributed by atoms with van der Waals surface area (Å²) in [5.74, 6) is 0.209. The minimum absolute atomic E-state index is 0.112. The number of halogens is 3. The van der Waals surface area contributed by atoms with E-state index >= 15 is 0 Å². The van der Waals surface area contributed by atoms with Gasteiger partial charge in [-0.2, -0.15) is 0 Å². The van der Waals surface area contributed by atoms with Gasteiger partial charge >= 0.3 is 0 Å². The zero-order chi connectivity index (χ0) is 25.0. The molecule has 9 heteroatoms. The summed E-state index contributed by atoms with van der Waals surface area (Å²) >= 11 is 15.1. The number of piperidine rings is 1. The number of aliphatic hydroxyl groups is 1. The fraction of sp³-hybridized carbons (Fsp3) is 0.231. The largest absolute Gasteiger partial charge is 0.491 e. The van der Waals surface area contributed by atoms with Crippen LogP contribution in [-0.4, -0.2) is 30.1 Å². The average Bonchev–Trinajstić information content (AvgIpc) is 3.11. The third kappa shape index (κ3) is 5.33. The zero-order valence-corrected chi connectivity index (χ0v) is 21.7. The van der Waals surface area contributed by atoms with Gasteiger partial charge in [0, 0.05) is 32.2 Å². The number of hydrogen-bond acceptors (Lipinski definition) is 4. The lowest BCUT2D eigenvalue weighted by atomic mass is 9.67. The van der Waals surface area contributed by atoms with E-state index in [1.165, 1.54) is 0 Å². The lowest BCUT2D eigenvalue weighted by Gasteiger charge is -2.40. The van der Waals surface area contributed by atoms with Crippen molar-refractivity contribution >= 4 is 56.6 Å². The smallest absolute Gasteiger partial charge is 0.237 e. The van der Waals surface area contributed by atoms with Crippen LogP contribution in [-0.2, 0) is 15.0 Å². The molecule has 2 atom stereocenters. The van der Waals surface area contributed by atoms with Crippen molar-refractivity contribution in [1.82, 2.24) is 5.32 Å². The van der Waals surface area contributed by atoms with Gasteiger partial charge in [-0.25, -0.2) is 0 Å². The molecule has 0 aromatic heterocycles. The molecule has 2 amide bonds. The average molecular weight is 578 g/mol. The lowest BCUT2D eigenvalue weighted by Crippen LogP contribution is -2.52. The van der Waals surface area contributed by atoms with Crippen LogP contribution >= 0.6 is 39.1 Å². The van der Waals surface area contributed by atoms with E-state index in [9.17, 15) is 9.59 Å². The quantitative estimate of drug-likeness (QED) is 0.374. The van der Waals surface area contributed by atoms with E-state index in [1.807, 2.05) is 48.5 Å². The highest BCUT2D eigenvalue weighted by molar-refractivity contribution is 9.10. The second-order valence-electron chi connectivity index (χ2n) is 8.17. The van der Waals surface area contributed by atoms with Gasteiger partial charge in [-0.15, -0.1) is 0 Å². The van der Waals surface area contributed by atoms with Crippen LogP contribution in [0, 0.1) is 0 Å². The Labute approximate surface area is 221 Å². The number of benzene rings is 3. The van der Waals surface area contributed by atoms with E-state index in [1.54, 1.807) is 18.2 Å². The predicted octanol–water partition coefficient (Wildman–Crippen LogP) is 5.65. The maximum absolute atomic E-state index is 13.2. The molecule has 2 aliphatic rings. The van der Waals surface area contributed by atoms with Gasteiger partial charge in [-0.3, -0.25) is 9.59 Å². The van der Waals surface area contributed by atoms with E-state index in [0.717, 1.165) is 15.1 Å². The SMILES string of the molecule is Clc1ccccc1.O=C1CC[C@]2(C(=O)Nc3cc(Cl)ccc32)[C@@H](c2cc(Br)ccc2OCCO)N1. The fourth-order valence-electron chi connectivity index (χ4n) is 4.50. The second kappa shape index (κ2) is 11.0. The Morgan fingerprint density at radius 2 is 1.80 bits per heavy atom. The number of rotatable bonds is 4. The van der Waals surface area contributed by atoms with Crippen molar-refractivity contribution < 1.29 is 19.4 Å². The van der Waals surface area contributed by atoms with E-state index in [2.05, 4.69) is 26.6 Å². The van der Waals surface area contributed by atoms with Crippen molar-refractivity contribution in [2.24, 2.45) is 0 Å². The molecule has 5 rings (SSSR count). The molecular weight excluding hydrogens is 555 g/mol. The molecule has 3 aromatic rings. The second-order valence-corrected chi connectivity index (χ2v) is 9.95. The predicted molar refractivity (Wildman–Crippen MR) is 140 cm³/mol. The molecule has 1 fully saturated rings. The summed E-state index contributed by atoms with van der Waals surface area (Å²) in [6.07, 6.45) is 0.614. The van der Waals surface area contributed by atoms with E-state index in [0.29, 0.717) is 28.4 Å². The number of carbonyl (C=O) groups excluding carboxylic acids is 2. The van der Waals surface area contributed by atoms with Crippen LogP contribution in [0.25, 0.3) is 0 Å². The molecule has 0 bridgehead atoms. The molecule has 0 saturated carbocycles. The van der Waals surface area contributed by atoms with Gasteiger partial charge in [0.1, 0.15) is 17.8 Å². The molecular formula is C26H23BrCl2N2O4. The summed E-state index contributed by atoms with van der Waals surface area (Å²) < 4.78 is 6.49. The Morgan fingerprint density at radius 3 is 2.49 bits per heavy atom. The highest BCUT2D eigenvalue weighted by atomic mass is 79.9. The summed E-state index contributed by atoms with van der Waals surface area (Å²) in [6.45, 7) is -0.0276. The van der Waals surface area contributed by atoms with Crippen molar-refractivity contribution in [3.05, 3.63) is 92.4 Å². The molecule has 1 spiro atoms. The Bertz CT molecular complexity index is 1240. The summed E-state index contributed by atoms with van der Waals surface area (Å²) in [4.78, 5) is 25.5. The number of hydrogen-bond donors (Lipinski definition) is 3. The van der Waals surface area contributed by atoms with Gasteiger partial charge in [-0.1, -0.05) is 63.4 Å². The number of carbonyl (C=O) groups is 2. The molecule has 35 heavy (non-hydrogen) atoms. The van der Waals surface area contributed by atoms with Crippen molar-refractivity contribution in [3.63, 3.8) is 0 Å². The fourth-order valence-corrected chi connectivity index (χ4v) is 5.20. The van der Waals surface area contributed by atoms with Crippen molar-refractivity contribution in [3.8, 4) is 5.75 Å². The highest BCUT2D eigenvalue weighted by Gasteiger charge is 2.56. The molecule has 3 N–H and O–H groups in total. The van der Waals surface area contributed by atoms with Crippen molar-refractivity contribution in [2.75, 3.05) is 18.5 Å². The minimum Gasteiger partial charge on any atom is -0.491 e. The van der Waals surface area contributed by atoms with Crippen LogP contribution < -0.4 is 15.4 Å². The summed E-state index contributed by atoms with van der Waals surface area (Å²) in [7, 11) is 0. The third-order valence-electron chi connectivity index (χ3n) is 6.02. The topological polar surface area (TPSA) is 87.7 Å². The molecule has 0 radical (unpaired) electrons. The maximum Gasteiger partial charge on any atom is 0.237 e. The van der Waals surface area contributed by atoms with Crippen LogP contribution in [0.5, 0.6) is 5.75 Å². The molecule has 0 aliphatic carbocycles. The first-order chi connectivity index (χ1) is 16.8. The summed E-state index contributed by atoms with van der Waals surface area (Å²) in [5.41, 5.74) is 1.17. The van der Waals surface area contributed by atoms with Gasteiger partial charge in [0.15, 0.2) is 0 Å². The number of anilines is 1. The molecule has 6 nitrogen and oxygen atoms in total. The number of ether oxygens (including phenoxy) is 1. The molecule has 2 heterocycles. The zero-order valence-electron chi connectivity index (χ0n) is 18.6. The van der Waals surface area contributed by atoms with Gasteiger partial charge in [-0.05, 0) is 54.4 Å². The Morgan fingerprint density at radius 1 is 1.03 bits per heavy atom. The number of aliphatic hydroxyl groups excluding tert-OH is 1. The number of nitrogens with one attached hydrogen (secondary N) is 2. The van der Waals surface area contributed by atoms with Crippen molar-refractivity contribution in [1.29, 1.82) is 0 Å². The van der Waals surface area contributed by atoms with Crippen LogP contribution in [0.15, 0.2) is 71.2 Å². The first-order valence-electron chi connectivity index (χ1n) is 11.0. The molecule has 0 unspecified atom stereocenters. The van der Waals surface area contributed by atoms with Gasteiger partial charge in [0.25, 0.3) is 0 Å². The summed E-state index contributed by atoms with van der Waals surface area (Å²) in [5, 5.41) is 16.4. The minimum atomic E-state index is -0.966. The normalized spacial score (nSPS) is 20.4. The van der Waals surface area contributed by atoms with E-state index in [-0.39, 0.29) is 31.4 Å². The monoisotopic (exact) mass is 576 g/mol. The third-order valence-corrected chi connectivity index (χ3v) is 7.01. The lowest BCUT2D eigenvalue weighted by molar-refractivity contribution is -0.130. The standard InChI is InChI=1S/C20H18BrClN2O4.C6H5Cl/c21-11-1-4-16(28-8-7-25)13(9-11)18-20(6-5-17(26)24-18)14-3-2-12(22)10-15(14)23-19(20)27;7-6-4-2-1-3-5-6/h1-4,9-10,18,25H,5-8H2,(H,23,27)(H,24,26);1-5H/t18-,20-;/m1./s1. The van der Waals surface area contributed by atoms with E-state index in [4.69, 9.17) is 33.0 Å². The Balaban J connectivity index is 0.000000356. The van der Waals surface area contributed by atoms with Crippen LogP contribution in [0.3, 0.4) is 0 Å².